The minimum Gasteiger partial charge on any atom is -0.462 e. The average Bonchev–Trinajstić information content (AvgIpc) is 3.03. The third-order valence-electron chi connectivity index (χ3n) is 4.37. The van der Waals surface area contributed by atoms with Crippen LogP contribution in [0.5, 0.6) is 0 Å². The van der Waals surface area contributed by atoms with Crippen molar-refractivity contribution < 1.29 is 22.7 Å². The second kappa shape index (κ2) is 7.43. The Bertz CT molecular complexity index is 794. The van der Waals surface area contributed by atoms with E-state index < -0.39 is 15.8 Å². The molecule has 1 aromatic heterocycles. The van der Waals surface area contributed by atoms with Crippen molar-refractivity contribution in [2.75, 3.05) is 24.7 Å². The summed E-state index contributed by atoms with van der Waals surface area (Å²) in [4.78, 5) is 29.6. The summed E-state index contributed by atoms with van der Waals surface area (Å²) in [7, 11) is -3.12. The number of carbonyl (C=O) groups excluding carboxylic acids is 2. The van der Waals surface area contributed by atoms with E-state index in [1.165, 1.54) is 4.90 Å². The van der Waals surface area contributed by atoms with E-state index in [2.05, 4.69) is 11.6 Å². The normalized spacial score (nSPS) is 18.8. The maximum Gasteiger partial charge on any atom is 0.340 e. The molecule has 2 rings (SSSR count). The Morgan fingerprint density at radius 1 is 1.40 bits per heavy atom. The van der Waals surface area contributed by atoms with Gasteiger partial charge in [-0.2, -0.15) is 0 Å². The zero-order chi connectivity index (χ0) is 18.8. The first-order valence-corrected chi connectivity index (χ1v) is 10.0. The second-order valence-electron chi connectivity index (χ2n) is 6.15. The van der Waals surface area contributed by atoms with Gasteiger partial charge in [0.2, 0.25) is 0 Å². The van der Waals surface area contributed by atoms with Gasteiger partial charge in [-0.25, -0.2) is 13.2 Å². The average molecular weight is 368 g/mol. The number of carbonyl (C=O) groups is 2. The number of esters is 1. The van der Waals surface area contributed by atoms with Crippen LogP contribution in [0.4, 0.5) is 0 Å². The van der Waals surface area contributed by atoms with Gasteiger partial charge in [0.1, 0.15) is 5.69 Å². The van der Waals surface area contributed by atoms with Crippen molar-refractivity contribution in [2.45, 2.75) is 33.2 Å². The second-order valence-corrected chi connectivity index (χ2v) is 8.38. The smallest absolute Gasteiger partial charge is 0.340 e. The number of aromatic amines is 1. The summed E-state index contributed by atoms with van der Waals surface area (Å²) in [6.07, 6.45) is 1.98. The Kier molecular flexibility index (Phi) is 5.72. The van der Waals surface area contributed by atoms with Crippen molar-refractivity contribution in [3.8, 4) is 0 Å². The van der Waals surface area contributed by atoms with E-state index in [0.29, 0.717) is 23.2 Å². The van der Waals surface area contributed by atoms with Crippen LogP contribution >= 0.6 is 0 Å². The number of hydrogen-bond acceptors (Lipinski definition) is 5. The summed E-state index contributed by atoms with van der Waals surface area (Å²) in [5.41, 5.74) is 1.70. The van der Waals surface area contributed by atoms with Crippen molar-refractivity contribution in [3.05, 3.63) is 35.2 Å². The molecule has 1 fully saturated rings. The van der Waals surface area contributed by atoms with Gasteiger partial charge in [0, 0.05) is 18.3 Å². The summed E-state index contributed by atoms with van der Waals surface area (Å²) in [6.45, 7) is 9.24. The molecule has 1 aromatic rings. The molecule has 7 nitrogen and oxygen atoms in total. The predicted octanol–water partition coefficient (Wildman–Crippen LogP) is 1.62. The van der Waals surface area contributed by atoms with Gasteiger partial charge in [0.05, 0.1) is 23.7 Å². The molecule has 1 aliphatic heterocycles. The Labute approximate surface area is 148 Å². The molecular weight excluding hydrogens is 344 g/mol. The number of hydrogen-bond donors (Lipinski definition) is 1. The van der Waals surface area contributed by atoms with Crippen LogP contribution in [-0.2, 0) is 14.6 Å². The lowest BCUT2D eigenvalue weighted by molar-refractivity contribution is 0.0525. The number of nitrogens with zero attached hydrogens (tertiary/aromatic N) is 1. The molecule has 2 heterocycles. The molecule has 1 N–H and O–H groups in total. The standard InChI is InChI=1S/C17H24N2O5S/c1-5-8-19(13-7-9-25(22,23)10-13)16(20)15-11(3)14(12(4)18-15)17(21)24-6-2/h5,13,18H,1,6-10H2,2-4H3/t13-/m1/s1. The molecule has 138 valence electrons. The first-order valence-electron chi connectivity index (χ1n) is 8.20. The number of ether oxygens (including phenoxy) is 1. The Morgan fingerprint density at radius 3 is 2.60 bits per heavy atom. The summed E-state index contributed by atoms with van der Waals surface area (Å²) < 4.78 is 28.6. The SMILES string of the molecule is C=CCN(C(=O)c1[nH]c(C)c(C(=O)OCC)c1C)[C@@H]1CCS(=O)(=O)C1. The predicted molar refractivity (Wildman–Crippen MR) is 94.5 cm³/mol. The number of sulfone groups is 1. The first-order chi connectivity index (χ1) is 11.7. The lowest BCUT2D eigenvalue weighted by Gasteiger charge is -2.27. The lowest BCUT2D eigenvalue weighted by Crippen LogP contribution is -2.41. The van der Waals surface area contributed by atoms with Crippen molar-refractivity contribution in [3.63, 3.8) is 0 Å². The van der Waals surface area contributed by atoms with Crippen LogP contribution in [0.2, 0.25) is 0 Å². The van der Waals surface area contributed by atoms with E-state index in [1.54, 1.807) is 26.8 Å². The van der Waals surface area contributed by atoms with Gasteiger partial charge < -0.3 is 14.6 Å². The Hall–Kier alpha value is -2.09. The molecule has 0 spiro atoms. The summed E-state index contributed by atoms with van der Waals surface area (Å²) in [5.74, 6) is -0.782. The zero-order valence-corrected chi connectivity index (χ0v) is 15.6. The van der Waals surface area contributed by atoms with Crippen LogP contribution in [0.3, 0.4) is 0 Å². The van der Waals surface area contributed by atoms with Crippen molar-refractivity contribution in [1.82, 2.24) is 9.88 Å². The van der Waals surface area contributed by atoms with E-state index in [4.69, 9.17) is 4.74 Å². The number of aromatic nitrogens is 1. The Morgan fingerprint density at radius 2 is 2.08 bits per heavy atom. The van der Waals surface area contributed by atoms with E-state index in [9.17, 15) is 18.0 Å². The van der Waals surface area contributed by atoms with E-state index in [0.717, 1.165) is 0 Å². The van der Waals surface area contributed by atoms with Crippen LogP contribution in [0.25, 0.3) is 0 Å². The molecule has 0 aromatic carbocycles. The monoisotopic (exact) mass is 368 g/mol. The van der Waals surface area contributed by atoms with Crippen LogP contribution in [0, 0.1) is 13.8 Å². The number of aryl methyl sites for hydroxylation is 1. The minimum absolute atomic E-state index is 0.0456. The molecule has 8 heteroatoms. The number of H-pyrrole nitrogens is 1. The highest BCUT2D eigenvalue weighted by molar-refractivity contribution is 7.91. The molecule has 1 saturated heterocycles. The quantitative estimate of drug-likeness (QED) is 0.608. The van der Waals surface area contributed by atoms with E-state index >= 15 is 0 Å². The van der Waals surface area contributed by atoms with Gasteiger partial charge in [0.25, 0.3) is 5.91 Å². The zero-order valence-electron chi connectivity index (χ0n) is 14.8. The van der Waals surface area contributed by atoms with Gasteiger partial charge in [-0.15, -0.1) is 6.58 Å². The highest BCUT2D eigenvalue weighted by Gasteiger charge is 2.36. The summed E-state index contributed by atoms with van der Waals surface area (Å²) in [5, 5.41) is 0. The third-order valence-corrected chi connectivity index (χ3v) is 6.12. The van der Waals surface area contributed by atoms with Crippen LogP contribution < -0.4 is 0 Å². The molecule has 0 saturated carbocycles. The van der Waals surface area contributed by atoms with Crippen LogP contribution in [0.15, 0.2) is 12.7 Å². The molecule has 0 bridgehead atoms. The summed E-state index contributed by atoms with van der Waals surface area (Å²) in [6, 6.07) is -0.385. The van der Waals surface area contributed by atoms with Gasteiger partial charge >= 0.3 is 5.97 Å². The maximum absolute atomic E-state index is 13.0. The molecular formula is C17H24N2O5S. The van der Waals surface area contributed by atoms with Gasteiger partial charge in [-0.3, -0.25) is 4.79 Å². The molecule has 0 unspecified atom stereocenters. The third kappa shape index (κ3) is 3.95. The fraction of sp³-hybridized carbons (Fsp3) is 0.529. The first kappa shape index (κ1) is 19.2. The lowest BCUT2D eigenvalue weighted by atomic mass is 10.1. The van der Waals surface area contributed by atoms with Crippen molar-refractivity contribution >= 4 is 21.7 Å². The fourth-order valence-electron chi connectivity index (χ4n) is 3.18. The minimum atomic E-state index is -3.12. The van der Waals surface area contributed by atoms with Crippen LogP contribution in [0.1, 0.15) is 45.4 Å². The fourth-order valence-corrected chi connectivity index (χ4v) is 4.91. The maximum atomic E-state index is 13.0. The topological polar surface area (TPSA) is 96.5 Å². The van der Waals surface area contributed by atoms with Crippen LogP contribution in [-0.4, -0.2) is 60.9 Å². The van der Waals surface area contributed by atoms with Crippen molar-refractivity contribution in [1.29, 1.82) is 0 Å². The van der Waals surface area contributed by atoms with Crippen molar-refractivity contribution in [2.24, 2.45) is 0 Å². The highest BCUT2D eigenvalue weighted by Crippen LogP contribution is 2.24. The van der Waals surface area contributed by atoms with Gasteiger partial charge in [-0.05, 0) is 32.8 Å². The molecule has 1 atom stereocenters. The largest absolute Gasteiger partial charge is 0.462 e. The van der Waals surface area contributed by atoms with Gasteiger partial charge in [0.15, 0.2) is 9.84 Å². The molecule has 0 aliphatic carbocycles. The number of amides is 1. The molecule has 1 aliphatic rings. The molecule has 25 heavy (non-hydrogen) atoms. The number of nitrogens with one attached hydrogen (secondary N) is 1. The Balaban J connectivity index is 2.35. The van der Waals surface area contributed by atoms with E-state index in [-0.39, 0.29) is 42.3 Å². The molecule has 0 radical (unpaired) electrons. The highest BCUT2D eigenvalue weighted by atomic mass is 32.2. The molecule has 1 amide bonds. The summed E-state index contributed by atoms with van der Waals surface area (Å²) >= 11 is 0. The van der Waals surface area contributed by atoms with E-state index in [1.807, 2.05) is 0 Å². The van der Waals surface area contributed by atoms with Gasteiger partial charge in [-0.1, -0.05) is 6.08 Å². The number of rotatable bonds is 6.